The molecule has 3 aromatic rings. The lowest BCUT2D eigenvalue weighted by atomic mass is 10.1. The Morgan fingerprint density at radius 2 is 2.22 bits per heavy atom. The van der Waals surface area contributed by atoms with E-state index in [1.54, 1.807) is 12.3 Å². The van der Waals surface area contributed by atoms with Gasteiger partial charge < -0.3 is 10.3 Å². The molecule has 0 aliphatic carbocycles. The first-order valence-corrected chi connectivity index (χ1v) is 5.63. The third-order valence-electron chi connectivity index (χ3n) is 2.91. The smallest absolute Gasteiger partial charge is 0.257 e. The van der Waals surface area contributed by atoms with Crippen molar-refractivity contribution in [2.24, 2.45) is 0 Å². The predicted molar refractivity (Wildman–Crippen MR) is 69.6 cm³/mol. The first-order chi connectivity index (χ1) is 8.75. The summed E-state index contributed by atoms with van der Waals surface area (Å²) in [6, 6.07) is 7.49. The molecule has 0 unspecified atom stereocenters. The molecule has 18 heavy (non-hydrogen) atoms. The maximum Gasteiger partial charge on any atom is 0.257 e. The van der Waals surface area contributed by atoms with Gasteiger partial charge in [0.15, 0.2) is 0 Å². The molecule has 5 heteroatoms. The second-order valence-electron chi connectivity index (χ2n) is 4.13. The van der Waals surface area contributed by atoms with E-state index in [1.807, 2.05) is 31.3 Å². The van der Waals surface area contributed by atoms with Gasteiger partial charge in [-0.05, 0) is 25.1 Å². The minimum Gasteiger partial charge on any atom is -0.361 e. The highest BCUT2D eigenvalue weighted by Gasteiger charge is 2.12. The van der Waals surface area contributed by atoms with Crippen molar-refractivity contribution in [2.45, 2.75) is 6.92 Å². The quantitative estimate of drug-likeness (QED) is 0.643. The summed E-state index contributed by atoms with van der Waals surface area (Å²) in [4.78, 5) is 15.3. The van der Waals surface area contributed by atoms with Gasteiger partial charge in [-0.25, -0.2) is 0 Å². The highest BCUT2D eigenvalue weighted by Crippen LogP contribution is 2.19. The number of amides is 1. The first kappa shape index (κ1) is 10.6. The molecule has 0 aliphatic heterocycles. The molecule has 0 atom stereocenters. The number of aromatic nitrogens is 3. The van der Waals surface area contributed by atoms with E-state index >= 15 is 0 Å². The van der Waals surface area contributed by atoms with E-state index in [-0.39, 0.29) is 5.91 Å². The van der Waals surface area contributed by atoms with Gasteiger partial charge in [0.2, 0.25) is 0 Å². The molecular weight excluding hydrogens is 228 g/mol. The van der Waals surface area contributed by atoms with E-state index in [2.05, 4.69) is 20.5 Å². The SMILES string of the molecule is Cc1cn[nH]c1NC(=O)c1cccc2[nH]ccc12. The van der Waals surface area contributed by atoms with Crippen molar-refractivity contribution in [1.82, 2.24) is 15.2 Å². The molecule has 0 spiro atoms. The normalized spacial score (nSPS) is 10.7. The molecule has 5 nitrogen and oxygen atoms in total. The molecule has 0 saturated heterocycles. The first-order valence-electron chi connectivity index (χ1n) is 5.63. The van der Waals surface area contributed by atoms with Crippen LogP contribution >= 0.6 is 0 Å². The zero-order valence-corrected chi connectivity index (χ0v) is 9.82. The molecule has 0 fully saturated rings. The van der Waals surface area contributed by atoms with E-state index in [9.17, 15) is 4.79 Å². The number of hydrogen-bond donors (Lipinski definition) is 3. The second-order valence-corrected chi connectivity index (χ2v) is 4.13. The van der Waals surface area contributed by atoms with Crippen LogP contribution in [0, 0.1) is 6.92 Å². The van der Waals surface area contributed by atoms with Crippen LogP contribution < -0.4 is 5.32 Å². The van der Waals surface area contributed by atoms with Crippen LogP contribution in [0.1, 0.15) is 15.9 Å². The summed E-state index contributed by atoms with van der Waals surface area (Å²) in [6.45, 7) is 1.88. The van der Waals surface area contributed by atoms with Gasteiger partial charge in [0.1, 0.15) is 5.82 Å². The van der Waals surface area contributed by atoms with Crippen molar-refractivity contribution < 1.29 is 4.79 Å². The number of H-pyrrole nitrogens is 2. The number of anilines is 1. The van der Waals surface area contributed by atoms with Crippen molar-refractivity contribution in [2.75, 3.05) is 5.32 Å². The number of benzene rings is 1. The standard InChI is InChI=1S/C13H12N4O/c1-8-7-15-17-12(8)16-13(18)10-3-2-4-11-9(10)5-6-14-11/h2-7,14H,1H3,(H2,15,16,17,18). The Hall–Kier alpha value is -2.56. The predicted octanol–water partition coefficient (Wildman–Crippen LogP) is 2.45. The highest BCUT2D eigenvalue weighted by molar-refractivity contribution is 6.12. The van der Waals surface area contributed by atoms with Gasteiger partial charge in [-0.2, -0.15) is 5.10 Å². The van der Waals surface area contributed by atoms with Crippen molar-refractivity contribution >= 4 is 22.6 Å². The molecule has 3 N–H and O–H groups in total. The number of aromatic amines is 2. The van der Waals surface area contributed by atoms with Crippen molar-refractivity contribution in [1.29, 1.82) is 0 Å². The summed E-state index contributed by atoms with van der Waals surface area (Å²) in [5, 5.41) is 10.4. The molecule has 0 radical (unpaired) electrons. The van der Waals surface area contributed by atoms with Crippen molar-refractivity contribution in [3.05, 3.63) is 47.8 Å². The summed E-state index contributed by atoms with van der Waals surface area (Å²) in [5.74, 6) is 0.486. The number of hydrogen-bond acceptors (Lipinski definition) is 2. The summed E-state index contributed by atoms with van der Waals surface area (Å²) in [6.07, 6.45) is 3.50. The number of rotatable bonds is 2. The van der Waals surface area contributed by atoms with Gasteiger partial charge in [-0.3, -0.25) is 9.89 Å². The monoisotopic (exact) mass is 240 g/mol. The molecule has 0 bridgehead atoms. The Morgan fingerprint density at radius 3 is 3.00 bits per heavy atom. The van der Waals surface area contributed by atoms with Gasteiger partial charge in [0.25, 0.3) is 5.91 Å². The summed E-state index contributed by atoms with van der Waals surface area (Å²) < 4.78 is 0. The molecule has 2 aromatic heterocycles. The van der Waals surface area contributed by atoms with Crippen molar-refractivity contribution in [3.63, 3.8) is 0 Å². The van der Waals surface area contributed by atoms with Crippen LogP contribution in [0.3, 0.4) is 0 Å². The van der Waals surface area contributed by atoms with Gasteiger partial charge in [-0.15, -0.1) is 0 Å². The number of nitrogens with one attached hydrogen (secondary N) is 3. The van der Waals surface area contributed by atoms with Gasteiger partial charge in [0, 0.05) is 28.2 Å². The maximum atomic E-state index is 12.2. The summed E-state index contributed by atoms with van der Waals surface area (Å²) in [5.41, 5.74) is 2.50. The topological polar surface area (TPSA) is 73.6 Å². The Balaban J connectivity index is 1.97. The fraction of sp³-hybridized carbons (Fsp3) is 0.0769. The van der Waals surface area contributed by atoms with Gasteiger partial charge >= 0.3 is 0 Å². The lowest BCUT2D eigenvalue weighted by molar-refractivity contribution is 0.102. The molecule has 0 saturated carbocycles. The second kappa shape index (κ2) is 4.03. The molecule has 3 rings (SSSR count). The number of fused-ring (bicyclic) bond motifs is 1. The van der Waals surface area contributed by atoms with Crippen LogP contribution in [0.5, 0.6) is 0 Å². The van der Waals surface area contributed by atoms with Crippen LogP contribution in [0.25, 0.3) is 10.9 Å². The third-order valence-corrected chi connectivity index (χ3v) is 2.91. The number of carbonyl (C=O) groups excluding carboxylic acids is 1. The fourth-order valence-electron chi connectivity index (χ4n) is 1.94. The zero-order chi connectivity index (χ0) is 12.5. The summed E-state index contributed by atoms with van der Waals surface area (Å²) in [7, 11) is 0. The lowest BCUT2D eigenvalue weighted by Crippen LogP contribution is -2.13. The van der Waals surface area contributed by atoms with Crippen molar-refractivity contribution in [3.8, 4) is 0 Å². The van der Waals surface area contributed by atoms with E-state index in [1.165, 1.54) is 0 Å². The minimum absolute atomic E-state index is 0.146. The molecule has 0 aliphatic rings. The van der Waals surface area contributed by atoms with Gasteiger partial charge in [0.05, 0.1) is 6.20 Å². The molecular formula is C13H12N4O. The molecule has 2 heterocycles. The van der Waals surface area contributed by atoms with E-state index in [0.717, 1.165) is 16.5 Å². The molecule has 1 aromatic carbocycles. The highest BCUT2D eigenvalue weighted by atomic mass is 16.1. The van der Waals surface area contributed by atoms with Crippen LogP contribution in [0.2, 0.25) is 0 Å². The number of nitrogens with zero attached hydrogens (tertiary/aromatic N) is 1. The average Bonchev–Trinajstić information content (AvgIpc) is 2.98. The Morgan fingerprint density at radius 1 is 1.33 bits per heavy atom. The van der Waals surface area contributed by atoms with Crippen LogP contribution in [-0.4, -0.2) is 21.1 Å². The van der Waals surface area contributed by atoms with E-state index in [0.29, 0.717) is 11.4 Å². The largest absolute Gasteiger partial charge is 0.361 e. The Labute approximate surface area is 103 Å². The average molecular weight is 240 g/mol. The van der Waals surface area contributed by atoms with Crippen LogP contribution in [-0.2, 0) is 0 Å². The Bertz CT molecular complexity index is 710. The van der Waals surface area contributed by atoms with Gasteiger partial charge in [-0.1, -0.05) is 6.07 Å². The maximum absolute atomic E-state index is 12.2. The fourth-order valence-corrected chi connectivity index (χ4v) is 1.94. The van der Waals surface area contributed by atoms with Crippen LogP contribution in [0.15, 0.2) is 36.7 Å². The zero-order valence-electron chi connectivity index (χ0n) is 9.82. The lowest BCUT2D eigenvalue weighted by Gasteiger charge is -2.05. The van der Waals surface area contributed by atoms with E-state index in [4.69, 9.17) is 0 Å². The minimum atomic E-state index is -0.146. The van der Waals surface area contributed by atoms with E-state index < -0.39 is 0 Å². The Kier molecular flexibility index (Phi) is 2.37. The third kappa shape index (κ3) is 1.66. The molecule has 90 valence electrons. The molecule has 1 amide bonds. The summed E-state index contributed by atoms with van der Waals surface area (Å²) >= 11 is 0. The number of aryl methyl sites for hydroxylation is 1. The number of carbonyl (C=O) groups is 1. The van der Waals surface area contributed by atoms with Crippen LogP contribution in [0.4, 0.5) is 5.82 Å².